The van der Waals surface area contributed by atoms with Gasteiger partial charge in [0.25, 0.3) is 10.1 Å². The molecule has 7 nitrogen and oxygen atoms in total. The van der Waals surface area contributed by atoms with Crippen LogP contribution in [0.5, 0.6) is 0 Å². The summed E-state index contributed by atoms with van der Waals surface area (Å²) in [5.41, 5.74) is 1.21. The van der Waals surface area contributed by atoms with E-state index >= 15 is 0 Å². The van der Waals surface area contributed by atoms with Gasteiger partial charge < -0.3 is 9.47 Å². The Morgan fingerprint density at radius 2 is 1.50 bits per heavy atom. The quantitative estimate of drug-likeness (QED) is 0.368. The number of hydrogen-bond donors (Lipinski definition) is 1. The monoisotopic (exact) mass is 334 g/mol. The normalized spacial score (nSPS) is 12.3. The Bertz CT molecular complexity index is 533. The summed E-state index contributed by atoms with van der Waals surface area (Å²) in [6.07, 6.45) is 0.314. The SMILES string of the molecule is C=C(CC)COC(=O)CC(C(=O)OCC(=C)CC)S(=O)(=O)O. The molecule has 0 heterocycles. The van der Waals surface area contributed by atoms with Crippen LogP contribution in [0.2, 0.25) is 0 Å². The minimum absolute atomic E-state index is 0.0742. The summed E-state index contributed by atoms with van der Waals surface area (Å²) in [5, 5.41) is -2.01. The molecule has 0 saturated carbocycles. The van der Waals surface area contributed by atoms with Gasteiger partial charge in [-0.2, -0.15) is 8.42 Å². The van der Waals surface area contributed by atoms with Crippen molar-refractivity contribution in [3.8, 4) is 0 Å². The highest BCUT2D eigenvalue weighted by Crippen LogP contribution is 2.11. The third-order valence-corrected chi connectivity index (χ3v) is 3.91. The van der Waals surface area contributed by atoms with E-state index in [1.165, 1.54) is 0 Å². The van der Waals surface area contributed by atoms with Crippen LogP contribution < -0.4 is 0 Å². The molecule has 0 aliphatic rings. The molecule has 0 spiro atoms. The molecular weight excluding hydrogens is 312 g/mol. The standard InChI is InChI=1S/C14H22O7S/c1-5-10(3)8-20-13(15)7-12(22(17,18)19)14(16)21-9-11(4)6-2/h12H,3-9H2,1-2H3,(H,17,18,19). The average molecular weight is 334 g/mol. The Hall–Kier alpha value is -1.67. The first-order valence-electron chi connectivity index (χ1n) is 6.73. The molecule has 0 bridgehead atoms. The number of hydrogen-bond acceptors (Lipinski definition) is 6. The molecule has 0 fully saturated rings. The lowest BCUT2D eigenvalue weighted by Gasteiger charge is -2.13. The van der Waals surface area contributed by atoms with Gasteiger partial charge in [-0.05, 0) is 24.0 Å². The highest BCUT2D eigenvalue weighted by Gasteiger charge is 2.35. The van der Waals surface area contributed by atoms with Gasteiger partial charge in [0, 0.05) is 0 Å². The lowest BCUT2D eigenvalue weighted by Crippen LogP contribution is -2.34. The molecule has 0 saturated heterocycles. The molecule has 1 N–H and O–H groups in total. The fraction of sp³-hybridized carbons (Fsp3) is 0.571. The number of ether oxygens (including phenoxy) is 2. The van der Waals surface area contributed by atoms with Crippen molar-refractivity contribution in [2.75, 3.05) is 13.2 Å². The van der Waals surface area contributed by atoms with Gasteiger partial charge in [-0.25, -0.2) is 0 Å². The average Bonchev–Trinajstić information content (AvgIpc) is 2.45. The minimum Gasteiger partial charge on any atom is -0.461 e. The molecule has 126 valence electrons. The van der Waals surface area contributed by atoms with E-state index < -0.39 is 33.7 Å². The van der Waals surface area contributed by atoms with Crippen molar-refractivity contribution in [2.24, 2.45) is 0 Å². The van der Waals surface area contributed by atoms with Crippen molar-refractivity contribution in [3.05, 3.63) is 24.3 Å². The van der Waals surface area contributed by atoms with Crippen molar-refractivity contribution in [3.63, 3.8) is 0 Å². The molecule has 0 radical (unpaired) electrons. The molecule has 0 aliphatic carbocycles. The van der Waals surface area contributed by atoms with E-state index in [1.807, 2.05) is 6.92 Å². The van der Waals surface area contributed by atoms with Gasteiger partial charge in [-0.3, -0.25) is 14.1 Å². The smallest absolute Gasteiger partial charge is 0.327 e. The van der Waals surface area contributed by atoms with Crippen LogP contribution in [0.15, 0.2) is 24.3 Å². The lowest BCUT2D eigenvalue weighted by molar-refractivity contribution is -0.149. The molecule has 0 aromatic heterocycles. The van der Waals surface area contributed by atoms with Crippen molar-refractivity contribution in [1.29, 1.82) is 0 Å². The van der Waals surface area contributed by atoms with Crippen molar-refractivity contribution < 1.29 is 32.0 Å². The molecular formula is C14H22O7S. The van der Waals surface area contributed by atoms with Crippen molar-refractivity contribution in [2.45, 2.75) is 38.4 Å². The second-order valence-electron chi connectivity index (χ2n) is 4.68. The summed E-state index contributed by atoms with van der Waals surface area (Å²) < 4.78 is 41.0. The van der Waals surface area contributed by atoms with Crippen LogP contribution in [0, 0.1) is 0 Å². The predicted octanol–water partition coefficient (Wildman–Crippen LogP) is 1.65. The number of carbonyl (C=O) groups is 2. The van der Waals surface area contributed by atoms with Gasteiger partial charge in [-0.15, -0.1) is 0 Å². The minimum atomic E-state index is -4.79. The zero-order chi connectivity index (χ0) is 17.3. The van der Waals surface area contributed by atoms with Crippen LogP contribution >= 0.6 is 0 Å². The highest BCUT2D eigenvalue weighted by atomic mass is 32.2. The second-order valence-corrected chi connectivity index (χ2v) is 6.28. The Morgan fingerprint density at radius 3 is 1.91 bits per heavy atom. The lowest BCUT2D eigenvalue weighted by atomic mass is 10.2. The predicted molar refractivity (Wildman–Crippen MR) is 80.7 cm³/mol. The van der Waals surface area contributed by atoms with E-state index in [0.717, 1.165) is 0 Å². The van der Waals surface area contributed by atoms with E-state index in [9.17, 15) is 18.0 Å². The zero-order valence-electron chi connectivity index (χ0n) is 12.8. The third-order valence-electron chi connectivity index (χ3n) is 2.83. The molecule has 22 heavy (non-hydrogen) atoms. The summed E-state index contributed by atoms with van der Waals surface area (Å²) in [7, 11) is -4.79. The molecule has 8 heteroatoms. The topological polar surface area (TPSA) is 107 Å². The number of esters is 2. The molecule has 0 aromatic carbocycles. The summed E-state index contributed by atoms with van der Waals surface area (Å²) in [4.78, 5) is 23.3. The van der Waals surface area contributed by atoms with Gasteiger partial charge in [0.15, 0.2) is 5.25 Å². The van der Waals surface area contributed by atoms with Crippen LogP contribution in [-0.4, -0.2) is 43.4 Å². The highest BCUT2D eigenvalue weighted by molar-refractivity contribution is 7.87. The summed E-state index contributed by atoms with van der Waals surface area (Å²) in [6.45, 7) is 10.6. The number of rotatable bonds is 10. The van der Waals surface area contributed by atoms with Crippen LogP contribution in [0.3, 0.4) is 0 Å². The maximum Gasteiger partial charge on any atom is 0.327 e. The van der Waals surface area contributed by atoms with Crippen LogP contribution in [0.4, 0.5) is 0 Å². The molecule has 0 aliphatic heterocycles. The maximum atomic E-state index is 11.7. The largest absolute Gasteiger partial charge is 0.461 e. The van der Waals surface area contributed by atoms with E-state index in [4.69, 9.17) is 14.0 Å². The summed E-state index contributed by atoms with van der Waals surface area (Å²) >= 11 is 0. The molecule has 1 unspecified atom stereocenters. The zero-order valence-corrected chi connectivity index (χ0v) is 13.6. The first-order chi connectivity index (χ1) is 10.1. The summed E-state index contributed by atoms with van der Waals surface area (Å²) in [6, 6.07) is 0. The van der Waals surface area contributed by atoms with E-state index in [1.54, 1.807) is 6.92 Å². The molecule has 0 rings (SSSR count). The van der Waals surface area contributed by atoms with Gasteiger partial charge >= 0.3 is 11.9 Å². The first kappa shape index (κ1) is 20.3. The van der Waals surface area contributed by atoms with Gasteiger partial charge in [-0.1, -0.05) is 27.0 Å². The fourth-order valence-corrected chi connectivity index (χ4v) is 1.83. The Morgan fingerprint density at radius 1 is 1.05 bits per heavy atom. The maximum absolute atomic E-state index is 11.7. The van der Waals surface area contributed by atoms with E-state index in [-0.39, 0.29) is 13.2 Å². The van der Waals surface area contributed by atoms with Crippen LogP contribution in [-0.2, 0) is 29.2 Å². The van der Waals surface area contributed by atoms with E-state index in [2.05, 4.69) is 13.2 Å². The fourth-order valence-electron chi connectivity index (χ4n) is 1.17. The Kier molecular flexibility index (Phi) is 8.66. The summed E-state index contributed by atoms with van der Waals surface area (Å²) in [5.74, 6) is -2.16. The van der Waals surface area contributed by atoms with Crippen LogP contribution in [0.25, 0.3) is 0 Å². The Labute approximate surface area is 130 Å². The second kappa shape index (κ2) is 9.37. The molecule has 0 amide bonds. The molecule has 0 aromatic rings. The van der Waals surface area contributed by atoms with Crippen molar-refractivity contribution in [1.82, 2.24) is 0 Å². The molecule has 1 atom stereocenters. The number of carbonyl (C=O) groups excluding carboxylic acids is 2. The van der Waals surface area contributed by atoms with Crippen LogP contribution in [0.1, 0.15) is 33.1 Å². The van der Waals surface area contributed by atoms with Gasteiger partial charge in [0.1, 0.15) is 13.2 Å². The third kappa shape index (κ3) is 7.94. The van der Waals surface area contributed by atoms with E-state index in [0.29, 0.717) is 24.0 Å². The first-order valence-corrected chi connectivity index (χ1v) is 8.23. The van der Waals surface area contributed by atoms with Gasteiger partial charge in [0.05, 0.1) is 6.42 Å². The van der Waals surface area contributed by atoms with Crippen molar-refractivity contribution >= 4 is 22.1 Å². The van der Waals surface area contributed by atoms with Gasteiger partial charge in [0.2, 0.25) is 0 Å². The Balaban J connectivity index is 4.72.